The molecule has 1 aromatic heterocycles. The first-order chi connectivity index (χ1) is 16.1. The second kappa shape index (κ2) is 13.0. The van der Waals surface area contributed by atoms with Crippen molar-refractivity contribution in [3.05, 3.63) is 45.2 Å². The van der Waals surface area contributed by atoms with Gasteiger partial charge in [-0.3, -0.25) is 10.1 Å². The van der Waals surface area contributed by atoms with Gasteiger partial charge < -0.3 is 9.84 Å². The molecule has 13 heteroatoms. The van der Waals surface area contributed by atoms with E-state index >= 15 is 0 Å². The molecule has 1 aromatic rings. The van der Waals surface area contributed by atoms with E-state index < -0.39 is 55.4 Å². The highest BCUT2D eigenvalue weighted by Gasteiger charge is 2.61. The van der Waals surface area contributed by atoms with E-state index in [9.17, 15) is 32.6 Å². The van der Waals surface area contributed by atoms with Crippen molar-refractivity contribution < 1.29 is 32.1 Å². The molecule has 8 nitrogen and oxygen atoms in total. The van der Waals surface area contributed by atoms with Crippen LogP contribution >= 0.6 is 11.6 Å². The van der Waals surface area contributed by atoms with Crippen LogP contribution in [0.25, 0.3) is 0 Å². The van der Waals surface area contributed by atoms with Gasteiger partial charge in [-0.2, -0.15) is 13.2 Å². The van der Waals surface area contributed by atoms with Gasteiger partial charge in [-0.05, 0) is 39.7 Å². The molecule has 0 saturated carbocycles. The first-order valence-corrected chi connectivity index (χ1v) is 12.7. The number of nitro groups is 1. The molecule has 1 aliphatic heterocycles. The van der Waals surface area contributed by atoms with E-state index in [1.165, 1.54) is 0 Å². The molecule has 0 aliphatic carbocycles. The number of aromatic nitrogens is 1. The van der Waals surface area contributed by atoms with E-state index in [4.69, 9.17) is 16.3 Å². The summed E-state index contributed by atoms with van der Waals surface area (Å²) in [5.74, 6) is -0.0430. The van der Waals surface area contributed by atoms with Crippen LogP contribution in [0, 0.1) is 10.1 Å². The SMILES string of the molecule is C=CCCC1(NS(=O)C(C)(C)C)COc2c1cc(C(O)(C[N+](=O)[O-])C(F)(F)F)nc2Cl.CC.CC. The first-order valence-electron chi connectivity index (χ1n) is 11.1. The van der Waals surface area contributed by atoms with Gasteiger partial charge in [0.2, 0.25) is 6.54 Å². The summed E-state index contributed by atoms with van der Waals surface area (Å²) in [6, 6.07) is 0.876. The average Bonchev–Trinajstić information content (AvgIpc) is 3.12. The van der Waals surface area contributed by atoms with Crippen molar-refractivity contribution in [1.29, 1.82) is 0 Å². The zero-order valence-electron chi connectivity index (χ0n) is 21.1. The zero-order chi connectivity index (χ0) is 27.8. The van der Waals surface area contributed by atoms with E-state index in [1.54, 1.807) is 26.8 Å². The summed E-state index contributed by atoms with van der Waals surface area (Å²) in [6.45, 7) is 14.8. The van der Waals surface area contributed by atoms with Crippen molar-refractivity contribution in [2.24, 2.45) is 0 Å². The minimum absolute atomic E-state index is 0.0430. The number of aliphatic hydroxyl groups is 1. The van der Waals surface area contributed by atoms with Gasteiger partial charge >= 0.3 is 6.18 Å². The highest BCUT2D eigenvalue weighted by molar-refractivity contribution is 7.84. The highest BCUT2D eigenvalue weighted by Crippen LogP contribution is 2.47. The Morgan fingerprint density at radius 1 is 1.34 bits per heavy atom. The molecule has 0 bridgehead atoms. The molecule has 0 aromatic carbocycles. The topological polar surface area (TPSA) is 115 Å². The van der Waals surface area contributed by atoms with Crippen LogP contribution in [0.3, 0.4) is 0 Å². The molecule has 35 heavy (non-hydrogen) atoms. The number of pyridine rings is 1. The lowest BCUT2D eigenvalue weighted by molar-refractivity contribution is -0.519. The van der Waals surface area contributed by atoms with Gasteiger partial charge in [-0.1, -0.05) is 45.4 Å². The Morgan fingerprint density at radius 2 is 1.89 bits per heavy atom. The van der Waals surface area contributed by atoms with Gasteiger partial charge in [0.05, 0.1) is 27.0 Å². The molecule has 202 valence electrons. The smallest absolute Gasteiger partial charge is 0.429 e. The molecule has 0 radical (unpaired) electrons. The number of alkyl halides is 3. The Balaban J connectivity index is 0.00000274. The normalized spacial score (nSPS) is 19.5. The van der Waals surface area contributed by atoms with Crippen molar-refractivity contribution in [3.63, 3.8) is 0 Å². The molecule has 2 N–H and O–H groups in total. The van der Waals surface area contributed by atoms with Gasteiger partial charge in [0.15, 0.2) is 10.9 Å². The Kier molecular flexibility index (Phi) is 12.3. The second-order valence-electron chi connectivity index (χ2n) is 8.21. The Hall–Kier alpha value is -1.76. The summed E-state index contributed by atoms with van der Waals surface area (Å²) >= 11 is 6.05. The summed E-state index contributed by atoms with van der Waals surface area (Å²) in [6.07, 6.45) is -3.23. The molecule has 2 rings (SSSR count). The molecule has 2 heterocycles. The van der Waals surface area contributed by atoms with Crippen LogP contribution in [-0.2, 0) is 22.1 Å². The largest absolute Gasteiger partial charge is 0.488 e. The number of hydrogen-bond donors (Lipinski definition) is 2. The number of ether oxygens (including phenoxy) is 1. The van der Waals surface area contributed by atoms with Gasteiger partial charge in [-0.25, -0.2) is 13.9 Å². The monoisotopic (exact) mass is 545 g/mol. The minimum atomic E-state index is -5.41. The second-order valence-corrected chi connectivity index (χ2v) is 10.5. The van der Waals surface area contributed by atoms with E-state index in [1.807, 2.05) is 27.7 Å². The number of allylic oxidation sites excluding steroid dienone is 1. The van der Waals surface area contributed by atoms with Crippen molar-refractivity contribution in [2.75, 3.05) is 13.2 Å². The van der Waals surface area contributed by atoms with Crippen LogP contribution in [0.2, 0.25) is 5.15 Å². The van der Waals surface area contributed by atoms with Crippen LogP contribution in [0.1, 0.15) is 72.6 Å². The maximum atomic E-state index is 13.6. The third-order valence-electron chi connectivity index (χ3n) is 4.78. The first kappa shape index (κ1) is 33.2. The fourth-order valence-electron chi connectivity index (χ4n) is 3.00. The third-order valence-corrected chi connectivity index (χ3v) is 6.72. The molecule has 1 aliphatic rings. The number of halogens is 4. The molecule has 3 atom stereocenters. The minimum Gasteiger partial charge on any atom is -0.488 e. The maximum Gasteiger partial charge on any atom is 0.429 e. The Bertz CT molecular complexity index is 912. The van der Waals surface area contributed by atoms with E-state index in [0.717, 1.165) is 6.07 Å². The number of rotatable bonds is 8. The molecule has 0 amide bonds. The lowest BCUT2D eigenvalue weighted by Crippen LogP contribution is -2.50. The summed E-state index contributed by atoms with van der Waals surface area (Å²) in [7, 11) is -1.66. The summed E-state index contributed by atoms with van der Waals surface area (Å²) in [5, 5.41) is 20.7. The molecule has 3 unspecified atom stereocenters. The quantitative estimate of drug-likeness (QED) is 0.195. The van der Waals surface area contributed by atoms with Crippen molar-refractivity contribution in [3.8, 4) is 5.75 Å². The number of nitrogens with one attached hydrogen (secondary N) is 1. The van der Waals surface area contributed by atoms with Gasteiger partial charge in [0.1, 0.15) is 6.61 Å². The van der Waals surface area contributed by atoms with Crippen LogP contribution in [-0.4, -0.2) is 43.3 Å². The fraction of sp³-hybridized carbons (Fsp3) is 0.682. The molecule has 0 saturated heterocycles. The van der Waals surface area contributed by atoms with Gasteiger partial charge in [-0.15, -0.1) is 6.58 Å². The zero-order valence-corrected chi connectivity index (χ0v) is 22.7. The van der Waals surface area contributed by atoms with Crippen molar-refractivity contribution >= 4 is 22.6 Å². The van der Waals surface area contributed by atoms with Crippen LogP contribution in [0.4, 0.5) is 13.2 Å². The van der Waals surface area contributed by atoms with Crippen molar-refractivity contribution in [1.82, 2.24) is 9.71 Å². The summed E-state index contributed by atoms with van der Waals surface area (Å²) < 4.78 is 61.5. The molecule has 0 spiro atoms. The lowest BCUT2D eigenvalue weighted by atomic mass is 9.86. The van der Waals surface area contributed by atoms with Crippen molar-refractivity contribution in [2.45, 2.75) is 83.4 Å². The number of fused-ring (bicyclic) bond motifs is 1. The molecule has 0 fully saturated rings. The Morgan fingerprint density at radius 3 is 2.31 bits per heavy atom. The number of hydrogen-bond acceptors (Lipinski definition) is 6. The van der Waals surface area contributed by atoms with Crippen LogP contribution < -0.4 is 9.46 Å². The van der Waals surface area contributed by atoms with Gasteiger partial charge in [0.25, 0.3) is 5.60 Å². The fourth-order valence-corrected chi connectivity index (χ4v) is 4.18. The molecular formula is C22H35ClF3N3O5S. The average molecular weight is 546 g/mol. The van der Waals surface area contributed by atoms with E-state index in [0.29, 0.717) is 6.42 Å². The molecular weight excluding hydrogens is 511 g/mol. The number of nitrogens with zero attached hydrogens (tertiary/aromatic N) is 2. The summed E-state index contributed by atoms with van der Waals surface area (Å²) in [4.78, 5) is 13.1. The third kappa shape index (κ3) is 7.61. The Labute approximate surface area is 212 Å². The highest BCUT2D eigenvalue weighted by atomic mass is 35.5. The van der Waals surface area contributed by atoms with E-state index in [-0.39, 0.29) is 24.3 Å². The summed E-state index contributed by atoms with van der Waals surface area (Å²) in [5.41, 5.74) is -6.10. The van der Waals surface area contributed by atoms with E-state index in [2.05, 4.69) is 16.3 Å². The standard InChI is InChI=1S/C18H23ClF3N3O5S.2C2H6/c1-5-6-7-16(24-31(29)15(2,3)4)10-30-13-11(16)8-12(23-14(13)19)17(26,9-25(27)28)18(20,21)22;2*1-2/h5,8,24,26H,1,6-7,9-10H2,2-4H3;2*1-2H3. The van der Waals surface area contributed by atoms with Crippen LogP contribution in [0.15, 0.2) is 18.7 Å². The maximum absolute atomic E-state index is 13.6. The van der Waals surface area contributed by atoms with Crippen LogP contribution in [0.5, 0.6) is 5.75 Å². The predicted molar refractivity (Wildman–Crippen MR) is 131 cm³/mol. The predicted octanol–water partition coefficient (Wildman–Crippen LogP) is 5.42. The van der Waals surface area contributed by atoms with Gasteiger partial charge in [0, 0.05) is 10.5 Å². The lowest BCUT2D eigenvalue weighted by Gasteiger charge is -2.33.